The molecule has 21 heavy (non-hydrogen) atoms. The minimum Gasteiger partial charge on any atom is -0.478 e. The third-order valence-electron chi connectivity index (χ3n) is 3.25. The van der Waals surface area contributed by atoms with Gasteiger partial charge in [-0.3, -0.25) is 0 Å². The first-order valence-corrected chi connectivity index (χ1v) is 7.02. The third kappa shape index (κ3) is 3.87. The van der Waals surface area contributed by atoms with Gasteiger partial charge in [0, 0.05) is 6.54 Å². The maximum Gasteiger partial charge on any atom is 0.335 e. The third-order valence-corrected chi connectivity index (χ3v) is 3.25. The molecular weight excluding hydrogens is 272 g/mol. The second-order valence-corrected chi connectivity index (χ2v) is 4.54. The van der Waals surface area contributed by atoms with Crippen molar-refractivity contribution in [2.24, 2.45) is 0 Å². The highest BCUT2D eigenvalue weighted by Crippen LogP contribution is 2.27. The fraction of sp³-hybridized carbons (Fsp3) is 0.467. The number of carbonyl (C=O) groups excluding carboxylic acids is 1. The molecule has 1 unspecified atom stereocenters. The summed E-state index contributed by atoms with van der Waals surface area (Å²) in [6, 6.07) is 4.07. The average Bonchev–Trinajstić information content (AvgIpc) is 2.45. The normalized spacial score (nSPS) is 11.8. The molecule has 0 aromatic heterocycles. The Kier molecular flexibility index (Phi) is 6.02. The van der Waals surface area contributed by atoms with Crippen molar-refractivity contribution in [1.82, 2.24) is 0 Å². The summed E-state index contributed by atoms with van der Waals surface area (Å²) in [7, 11) is 0. The Hall–Kier alpha value is -2.24. The van der Waals surface area contributed by atoms with E-state index in [1.807, 2.05) is 18.7 Å². The van der Waals surface area contributed by atoms with Crippen molar-refractivity contribution < 1.29 is 19.4 Å². The summed E-state index contributed by atoms with van der Waals surface area (Å²) in [6.07, 6.45) is 0.576. The van der Waals surface area contributed by atoms with E-state index < -0.39 is 12.0 Å². The van der Waals surface area contributed by atoms with Crippen LogP contribution in [0.25, 0.3) is 0 Å². The summed E-state index contributed by atoms with van der Waals surface area (Å²) < 4.78 is 5.09. The van der Waals surface area contributed by atoms with Crippen molar-refractivity contribution in [2.45, 2.75) is 33.2 Å². The summed E-state index contributed by atoms with van der Waals surface area (Å²) >= 11 is 0. The first-order chi connectivity index (χ1) is 9.96. The highest BCUT2D eigenvalue weighted by molar-refractivity contribution is 5.91. The molecule has 116 valence electrons. The standard InChI is InChI=1S/C15H22N2O4/c1-4-12(15(20)21-6-3)17(5-2)13-8-7-10(14(18)19)9-11(13)16/h7-9,12H,4-6,16H2,1-3H3,(H,18,19). The van der Waals surface area contributed by atoms with Gasteiger partial charge < -0.3 is 20.5 Å². The number of nitrogen functional groups attached to an aromatic ring is 1. The summed E-state index contributed by atoms with van der Waals surface area (Å²) in [5.41, 5.74) is 7.04. The van der Waals surface area contributed by atoms with Gasteiger partial charge in [0.2, 0.25) is 0 Å². The molecule has 1 aromatic carbocycles. The highest BCUT2D eigenvalue weighted by Gasteiger charge is 2.26. The Morgan fingerprint density at radius 3 is 2.43 bits per heavy atom. The smallest absolute Gasteiger partial charge is 0.335 e. The molecule has 0 aliphatic carbocycles. The van der Waals surface area contributed by atoms with Crippen molar-refractivity contribution in [1.29, 1.82) is 0 Å². The van der Waals surface area contributed by atoms with Crippen molar-refractivity contribution in [3.63, 3.8) is 0 Å². The lowest BCUT2D eigenvalue weighted by atomic mass is 10.1. The largest absolute Gasteiger partial charge is 0.478 e. The number of esters is 1. The molecule has 3 N–H and O–H groups in total. The van der Waals surface area contributed by atoms with Crippen LogP contribution >= 0.6 is 0 Å². The quantitative estimate of drug-likeness (QED) is 0.591. The molecule has 0 saturated carbocycles. The molecule has 0 radical (unpaired) electrons. The molecule has 0 heterocycles. The fourth-order valence-electron chi connectivity index (χ4n) is 2.26. The number of aromatic carboxylic acids is 1. The van der Waals surface area contributed by atoms with Crippen LogP contribution in [0.2, 0.25) is 0 Å². The van der Waals surface area contributed by atoms with Gasteiger partial charge in [-0.25, -0.2) is 9.59 Å². The number of hydrogen-bond acceptors (Lipinski definition) is 5. The molecule has 1 rings (SSSR count). The first kappa shape index (κ1) is 16.8. The molecule has 0 saturated heterocycles. The number of hydrogen-bond donors (Lipinski definition) is 2. The topological polar surface area (TPSA) is 92.9 Å². The number of rotatable bonds is 7. The van der Waals surface area contributed by atoms with Gasteiger partial charge in [-0.1, -0.05) is 6.92 Å². The number of benzene rings is 1. The molecule has 0 fully saturated rings. The van der Waals surface area contributed by atoms with Crippen LogP contribution in [0.3, 0.4) is 0 Å². The molecule has 0 aliphatic heterocycles. The predicted octanol–water partition coefficient (Wildman–Crippen LogP) is 2.14. The van der Waals surface area contributed by atoms with Gasteiger partial charge in [-0.2, -0.15) is 0 Å². The summed E-state index contributed by atoms with van der Waals surface area (Å²) in [5, 5.41) is 8.97. The van der Waals surface area contributed by atoms with Gasteiger partial charge in [-0.05, 0) is 38.5 Å². The average molecular weight is 294 g/mol. The molecule has 6 heteroatoms. The van der Waals surface area contributed by atoms with Crippen LogP contribution in [-0.4, -0.2) is 36.2 Å². The van der Waals surface area contributed by atoms with E-state index in [4.69, 9.17) is 15.6 Å². The number of carboxylic acids is 1. The van der Waals surface area contributed by atoms with Crippen molar-refractivity contribution in [2.75, 3.05) is 23.8 Å². The van der Waals surface area contributed by atoms with Crippen molar-refractivity contribution >= 4 is 23.3 Å². The number of likely N-dealkylation sites (N-methyl/N-ethyl adjacent to an activating group) is 1. The van der Waals surface area contributed by atoms with Crippen LogP contribution in [0.15, 0.2) is 18.2 Å². The Labute approximate surface area is 124 Å². The van der Waals surface area contributed by atoms with Crippen LogP contribution in [0, 0.1) is 0 Å². The number of ether oxygens (including phenoxy) is 1. The molecule has 1 atom stereocenters. The first-order valence-electron chi connectivity index (χ1n) is 7.02. The SMILES string of the molecule is CCOC(=O)C(CC)N(CC)c1ccc(C(=O)O)cc1N. The Bertz CT molecular complexity index is 516. The lowest BCUT2D eigenvalue weighted by Crippen LogP contribution is -2.42. The van der Waals surface area contributed by atoms with E-state index in [9.17, 15) is 9.59 Å². The molecular formula is C15H22N2O4. The van der Waals surface area contributed by atoms with Crippen LogP contribution in [0.5, 0.6) is 0 Å². The van der Waals surface area contributed by atoms with E-state index in [2.05, 4.69) is 0 Å². The molecule has 0 bridgehead atoms. The van der Waals surface area contributed by atoms with E-state index in [0.717, 1.165) is 0 Å². The van der Waals surface area contributed by atoms with Crippen molar-refractivity contribution in [3.05, 3.63) is 23.8 Å². The van der Waals surface area contributed by atoms with Gasteiger partial charge in [-0.15, -0.1) is 0 Å². The Balaban J connectivity index is 3.14. The summed E-state index contributed by atoms with van der Waals surface area (Å²) in [4.78, 5) is 24.8. The van der Waals surface area contributed by atoms with E-state index in [-0.39, 0.29) is 11.5 Å². The van der Waals surface area contributed by atoms with Crippen molar-refractivity contribution in [3.8, 4) is 0 Å². The monoisotopic (exact) mass is 294 g/mol. The van der Waals surface area contributed by atoms with Gasteiger partial charge in [0.1, 0.15) is 6.04 Å². The molecule has 6 nitrogen and oxygen atoms in total. The number of nitrogens with two attached hydrogens (primary N) is 1. The van der Waals surface area contributed by atoms with Gasteiger partial charge >= 0.3 is 11.9 Å². The zero-order valence-electron chi connectivity index (χ0n) is 12.6. The van der Waals surface area contributed by atoms with Gasteiger partial charge in [0.25, 0.3) is 0 Å². The second-order valence-electron chi connectivity index (χ2n) is 4.54. The van der Waals surface area contributed by atoms with E-state index in [1.54, 1.807) is 13.0 Å². The molecule has 0 aliphatic rings. The molecule has 0 spiro atoms. The Morgan fingerprint density at radius 1 is 1.33 bits per heavy atom. The number of carbonyl (C=O) groups is 2. The molecule has 0 amide bonds. The predicted molar refractivity (Wildman–Crippen MR) is 81.5 cm³/mol. The molecule has 1 aromatic rings. The summed E-state index contributed by atoms with van der Waals surface area (Å²) in [6.45, 7) is 6.45. The lowest BCUT2D eigenvalue weighted by molar-refractivity contribution is -0.144. The number of carboxylic acid groups (broad SMARTS) is 1. The second kappa shape index (κ2) is 7.52. The van der Waals surface area contributed by atoms with E-state index >= 15 is 0 Å². The number of anilines is 2. The van der Waals surface area contributed by atoms with E-state index in [1.165, 1.54) is 12.1 Å². The Morgan fingerprint density at radius 2 is 2.00 bits per heavy atom. The van der Waals surface area contributed by atoms with E-state index in [0.29, 0.717) is 30.9 Å². The maximum absolute atomic E-state index is 12.0. The maximum atomic E-state index is 12.0. The zero-order valence-corrected chi connectivity index (χ0v) is 12.6. The van der Waals surface area contributed by atoms with Gasteiger partial charge in [0.15, 0.2) is 0 Å². The fourth-order valence-corrected chi connectivity index (χ4v) is 2.26. The van der Waals surface area contributed by atoms with Crippen LogP contribution in [0.1, 0.15) is 37.6 Å². The summed E-state index contributed by atoms with van der Waals surface area (Å²) in [5.74, 6) is -1.34. The number of nitrogens with zero attached hydrogens (tertiary/aromatic N) is 1. The highest BCUT2D eigenvalue weighted by atomic mass is 16.5. The minimum absolute atomic E-state index is 0.122. The minimum atomic E-state index is -1.03. The zero-order chi connectivity index (χ0) is 16.0. The van der Waals surface area contributed by atoms with Crippen LogP contribution in [-0.2, 0) is 9.53 Å². The lowest BCUT2D eigenvalue weighted by Gasteiger charge is -2.31. The van der Waals surface area contributed by atoms with Crippen LogP contribution in [0.4, 0.5) is 11.4 Å². The van der Waals surface area contributed by atoms with Crippen LogP contribution < -0.4 is 10.6 Å². The van der Waals surface area contributed by atoms with Gasteiger partial charge in [0.05, 0.1) is 23.5 Å².